The number of aromatic nitrogens is 2. The third-order valence-electron chi connectivity index (χ3n) is 2.77. The van der Waals surface area contributed by atoms with Gasteiger partial charge in [0.05, 0.1) is 0 Å². The third-order valence-corrected chi connectivity index (χ3v) is 3.46. The number of hydrogen-bond acceptors (Lipinski definition) is 3. The van der Waals surface area contributed by atoms with Crippen LogP contribution in [0.1, 0.15) is 19.5 Å². The molecule has 0 radical (unpaired) electrons. The Hall–Kier alpha value is -1.42. The van der Waals surface area contributed by atoms with Gasteiger partial charge in [0.25, 0.3) is 0 Å². The Morgan fingerprint density at radius 2 is 1.95 bits per heavy atom. The highest BCUT2D eigenvalue weighted by molar-refractivity contribution is 9.10. The van der Waals surface area contributed by atoms with Crippen molar-refractivity contribution in [3.05, 3.63) is 40.5 Å². The van der Waals surface area contributed by atoms with Crippen molar-refractivity contribution >= 4 is 21.7 Å². The molecule has 0 spiro atoms. The maximum atomic E-state index is 4.67. The van der Waals surface area contributed by atoms with Crippen LogP contribution in [0.3, 0.4) is 0 Å². The first-order chi connectivity index (χ1) is 9.10. The van der Waals surface area contributed by atoms with Crippen molar-refractivity contribution in [3.63, 3.8) is 0 Å². The highest BCUT2D eigenvalue weighted by Gasteiger charge is 2.10. The molecule has 1 aromatic heterocycles. The van der Waals surface area contributed by atoms with Gasteiger partial charge in [0.1, 0.15) is 5.82 Å². The molecule has 19 heavy (non-hydrogen) atoms. The maximum Gasteiger partial charge on any atom is 0.162 e. The summed E-state index contributed by atoms with van der Waals surface area (Å²) in [6.45, 7) is 4.39. The minimum Gasteiger partial charge on any atom is -0.373 e. The molecular formula is C15H18BrN3. The molecule has 100 valence electrons. The van der Waals surface area contributed by atoms with E-state index in [9.17, 15) is 0 Å². The minimum atomic E-state index is 0.576. The van der Waals surface area contributed by atoms with Gasteiger partial charge in [0, 0.05) is 28.8 Å². The second-order valence-electron chi connectivity index (χ2n) is 4.90. The van der Waals surface area contributed by atoms with E-state index in [4.69, 9.17) is 0 Å². The van der Waals surface area contributed by atoms with Crippen LogP contribution in [0.15, 0.2) is 34.8 Å². The summed E-state index contributed by atoms with van der Waals surface area (Å²) in [5.41, 5.74) is 2.09. The van der Waals surface area contributed by atoms with Crippen LogP contribution in [0.5, 0.6) is 0 Å². The molecule has 1 N–H and O–H groups in total. The van der Waals surface area contributed by atoms with Gasteiger partial charge in [0.15, 0.2) is 5.82 Å². The topological polar surface area (TPSA) is 37.8 Å². The quantitative estimate of drug-likeness (QED) is 0.920. The molecule has 0 bridgehead atoms. The lowest BCUT2D eigenvalue weighted by Gasteiger charge is -2.10. The molecule has 2 rings (SSSR count). The van der Waals surface area contributed by atoms with Crippen molar-refractivity contribution in [3.8, 4) is 11.4 Å². The zero-order valence-corrected chi connectivity index (χ0v) is 13.0. The Morgan fingerprint density at radius 3 is 2.58 bits per heavy atom. The minimum absolute atomic E-state index is 0.576. The second kappa shape index (κ2) is 6.15. The van der Waals surface area contributed by atoms with Gasteiger partial charge >= 0.3 is 0 Å². The van der Waals surface area contributed by atoms with Crippen molar-refractivity contribution in [1.82, 2.24) is 9.97 Å². The van der Waals surface area contributed by atoms with Gasteiger partial charge in [-0.2, -0.15) is 0 Å². The summed E-state index contributed by atoms with van der Waals surface area (Å²) in [7, 11) is 1.88. The monoisotopic (exact) mass is 319 g/mol. The Kier molecular flexibility index (Phi) is 4.53. The molecule has 3 nitrogen and oxygen atoms in total. The molecule has 0 aliphatic carbocycles. The van der Waals surface area contributed by atoms with E-state index in [0.29, 0.717) is 5.92 Å². The Bertz CT molecular complexity index is 567. The van der Waals surface area contributed by atoms with Crippen LogP contribution < -0.4 is 5.32 Å². The highest BCUT2D eigenvalue weighted by Crippen LogP contribution is 2.26. The molecule has 0 saturated carbocycles. The van der Waals surface area contributed by atoms with Gasteiger partial charge in [-0.1, -0.05) is 48.0 Å². The fraction of sp³-hybridized carbons (Fsp3) is 0.333. The summed E-state index contributed by atoms with van der Waals surface area (Å²) in [5, 5.41) is 3.10. The van der Waals surface area contributed by atoms with Crippen LogP contribution in [-0.2, 0) is 6.42 Å². The highest BCUT2D eigenvalue weighted by atomic mass is 79.9. The van der Waals surface area contributed by atoms with Gasteiger partial charge in [-0.15, -0.1) is 0 Å². The lowest BCUT2D eigenvalue weighted by molar-refractivity contribution is 0.635. The molecule has 0 aliphatic heterocycles. The first-order valence-electron chi connectivity index (χ1n) is 6.40. The average molecular weight is 320 g/mol. The number of benzene rings is 1. The van der Waals surface area contributed by atoms with Crippen LogP contribution in [0.2, 0.25) is 0 Å². The number of anilines is 1. The summed E-state index contributed by atoms with van der Waals surface area (Å²) < 4.78 is 1.01. The number of nitrogens with zero attached hydrogens (tertiary/aromatic N) is 2. The van der Waals surface area contributed by atoms with Crippen LogP contribution in [-0.4, -0.2) is 17.0 Å². The number of hydrogen-bond donors (Lipinski definition) is 1. The lowest BCUT2D eigenvalue weighted by Crippen LogP contribution is -2.04. The van der Waals surface area contributed by atoms with E-state index in [0.717, 1.165) is 33.8 Å². The van der Waals surface area contributed by atoms with Crippen LogP contribution in [0.25, 0.3) is 11.4 Å². The third kappa shape index (κ3) is 3.53. The zero-order chi connectivity index (χ0) is 13.8. The fourth-order valence-corrected chi connectivity index (χ4v) is 2.37. The van der Waals surface area contributed by atoms with E-state index in [2.05, 4.69) is 45.1 Å². The van der Waals surface area contributed by atoms with E-state index < -0.39 is 0 Å². The van der Waals surface area contributed by atoms with Gasteiger partial charge < -0.3 is 5.32 Å². The van der Waals surface area contributed by atoms with Crippen LogP contribution >= 0.6 is 15.9 Å². The number of nitrogens with one attached hydrogen (secondary N) is 1. The number of rotatable bonds is 4. The van der Waals surface area contributed by atoms with Gasteiger partial charge in [-0.05, 0) is 18.4 Å². The SMILES string of the molecule is CNc1cc(CC(C)C)nc(-c2ccccc2Br)n1. The van der Waals surface area contributed by atoms with Crippen molar-refractivity contribution in [2.24, 2.45) is 5.92 Å². The zero-order valence-electron chi connectivity index (χ0n) is 11.4. The molecule has 4 heteroatoms. The predicted octanol–water partition coefficient (Wildman–Crippen LogP) is 4.15. The molecule has 0 amide bonds. The fourth-order valence-electron chi connectivity index (χ4n) is 1.91. The molecule has 0 fully saturated rings. The van der Waals surface area contributed by atoms with Crippen molar-refractivity contribution < 1.29 is 0 Å². The van der Waals surface area contributed by atoms with Crippen molar-refractivity contribution in [2.45, 2.75) is 20.3 Å². The van der Waals surface area contributed by atoms with E-state index in [-0.39, 0.29) is 0 Å². The summed E-state index contributed by atoms with van der Waals surface area (Å²) in [5.74, 6) is 2.19. The summed E-state index contributed by atoms with van der Waals surface area (Å²) >= 11 is 3.55. The molecule has 0 atom stereocenters. The molecule has 0 unspecified atom stereocenters. The normalized spacial score (nSPS) is 10.8. The van der Waals surface area contributed by atoms with Gasteiger partial charge in [0.2, 0.25) is 0 Å². The van der Waals surface area contributed by atoms with E-state index in [1.165, 1.54) is 0 Å². The van der Waals surface area contributed by atoms with E-state index in [1.54, 1.807) is 0 Å². The summed E-state index contributed by atoms with van der Waals surface area (Å²) in [4.78, 5) is 9.21. The largest absolute Gasteiger partial charge is 0.373 e. The smallest absolute Gasteiger partial charge is 0.162 e. The first-order valence-corrected chi connectivity index (χ1v) is 7.20. The molecule has 1 heterocycles. The maximum absolute atomic E-state index is 4.67. The van der Waals surface area contributed by atoms with Gasteiger partial charge in [-0.3, -0.25) is 0 Å². The molecule has 0 saturated heterocycles. The summed E-state index contributed by atoms with van der Waals surface area (Å²) in [6.07, 6.45) is 0.953. The van der Waals surface area contributed by atoms with E-state index in [1.807, 2.05) is 37.4 Å². The Labute approximate surface area is 122 Å². The van der Waals surface area contributed by atoms with Crippen LogP contribution in [0.4, 0.5) is 5.82 Å². The number of halogens is 1. The van der Waals surface area contributed by atoms with Crippen molar-refractivity contribution in [1.29, 1.82) is 0 Å². The van der Waals surface area contributed by atoms with E-state index >= 15 is 0 Å². The molecule has 2 aromatic rings. The second-order valence-corrected chi connectivity index (χ2v) is 5.75. The standard InChI is InChI=1S/C15H18BrN3/c1-10(2)8-11-9-14(17-3)19-15(18-11)12-6-4-5-7-13(12)16/h4-7,9-10H,8H2,1-3H3,(H,17,18,19). The van der Waals surface area contributed by atoms with Crippen LogP contribution in [0, 0.1) is 5.92 Å². The first kappa shape index (κ1) is 14.0. The van der Waals surface area contributed by atoms with Crippen molar-refractivity contribution in [2.75, 3.05) is 12.4 Å². The average Bonchev–Trinajstić information content (AvgIpc) is 2.38. The summed E-state index contributed by atoms with van der Waals surface area (Å²) in [6, 6.07) is 10.0. The molecular weight excluding hydrogens is 302 g/mol. The Morgan fingerprint density at radius 1 is 1.21 bits per heavy atom. The Balaban J connectivity index is 2.48. The lowest BCUT2D eigenvalue weighted by atomic mass is 10.1. The molecule has 0 aliphatic rings. The van der Waals surface area contributed by atoms with Gasteiger partial charge in [-0.25, -0.2) is 9.97 Å². The molecule has 1 aromatic carbocycles. The predicted molar refractivity (Wildman–Crippen MR) is 83.3 cm³/mol.